The molecule has 0 bridgehead atoms. The van der Waals surface area contributed by atoms with Gasteiger partial charge < -0.3 is 29.3 Å². The Morgan fingerprint density at radius 1 is 0.755 bits per heavy atom. The molecule has 1 saturated heterocycles. The van der Waals surface area contributed by atoms with Crippen LogP contribution in [0.2, 0.25) is 0 Å². The number of piperazine rings is 1. The Hall–Kier alpha value is -5.38. The number of aromatic nitrogens is 5. The van der Waals surface area contributed by atoms with Gasteiger partial charge in [-0.1, -0.05) is 24.3 Å². The molecule has 0 spiro atoms. The Balaban J connectivity index is 1.33. The fraction of sp³-hybridized carbons (Fsp3) is 0.342. The van der Waals surface area contributed by atoms with Gasteiger partial charge in [-0.05, 0) is 66.4 Å². The summed E-state index contributed by atoms with van der Waals surface area (Å²) in [4.78, 5) is 28.3. The van der Waals surface area contributed by atoms with E-state index in [0.29, 0.717) is 80.5 Å². The summed E-state index contributed by atoms with van der Waals surface area (Å²) in [6, 6.07) is 21.6. The van der Waals surface area contributed by atoms with Crippen LogP contribution in [0.3, 0.4) is 0 Å². The van der Waals surface area contributed by atoms with Crippen molar-refractivity contribution in [2.45, 2.75) is 26.4 Å². The number of benzene rings is 2. The van der Waals surface area contributed by atoms with E-state index in [1.54, 1.807) is 33.6 Å². The molecule has 1 fully saturated rings. The first-order valence-electron chi connectivity index (χ1n) is 17.3. The van der Waals surface area contributed by atoms with Crippen molar-refractivity contribution in [1.29, 1.82) is 0 Å². The number of nitrogens with zero attached hydrogens (tertiary/aromatic N) is 8. The average molecular weight is 740 g/mol. The van der Waals surface area contributed by atoms with Gasteiger partial charge in [0.25, 0.3) is 0 Å². The molecular weight excluding hydrogens is 695 g/mol. The average Bonchev–Trinajstić information content (AvgIpc) is 3.17. The molecule has 2 aromatic carbocycles. The first-order chi connectivity index (χ1) is 25.6. The zero-order valence-corrected chi connectivity index (χ0v) is 31.5. The standard InChI is InChI=1S/C38H45N9O5S/c1-27-41-37(44-38(42-27)46(25-28-6-11-32(50-2)12-7-28)26-29-8-13-33(51-3)14-9-29)34-22-30(16-17-45-18-20-47(21-19-45)53(5,48)49)23-40-36(34)43-31-10-15-35(52-4)39-24-31/h6-15,22-24H,16-21,25-26H2,1-5H3,(H,40,43). The first kappa shape index (κ1) is 37.4. The van der Waals surface area contributed by atoms with E-state index in [1.165, 1.54) is 10.6 Å². The number of ether oxygens (including phenoxy) is 3. The summed E-state index contributed by atoms with van der Waals surface area (Å²) in [5.74, 6) is 4.19. The molecule has 15 heteroatoms. The Bertz CT molecular complexity index is 2030. The second-order valence-corrected chi connectivity index (χ2v) is 14.7. The third-order valence-corrected chi connectivity index (χ3v) is 10.3. The lowest BCUT2D eigenvalue weighted by Gasteiger charge is -2.33. The SMILES string of the molecule is COc1ccc(CN(Cc2ccc(OC)cc2)c2nc(C)nc(-c3cc(CCN4CCN(S(C)(=O)=O)CC4)cnc3Nc3ccc(OC)nc3)n2)cc1. The van der Waals surface area contributed by atoms with Crippen molar-refractivity contribution in [3.63, 3.8) is 0 Å². The normalized spacial score (nSPS) is 13.8. The van der Waals surface area contributed by atoms with Gasteiger partial charge in [0, 0.05) is 58.1 Å². The van der Waals surface area contributed by atoms with Gasteiger partial charge in [0.1, 0.15) is 23.1 Å². The molecule has 5 aromatic rings. The van der Waals surface area contributed by atoms with Crippen molar-refractivity contribution in [3.05, 3.63) is 102 Å². The van der Waals surface area contributed by atoms with Crippen LogP contribution in [0, 0.1) is 6.92 Å². The fourth-order valence-electron chi connectivity index (χ4n) is 6.03. The Kier molecular flexibility index (Phi) is 12.0. The highest BCUT2D eigenvalue weighted by Gasteiger charge is 2.24. The van der Waals surface area contributed by atoms with Gasteiger partial charge in [0.2, 0.25) is 21.9 Å². The minimum absolute atomic E-state index is 0.474. The molecule has 0 amide bonds. The molecule has 53 heavy (non-hydrogen) atoms. The summed E-state index contributed by atoms with van der Waals surface area (Å²) in [6.45, 7) is 6.00. The van der Waals surface area contributed by atoms with Crippen LogP contribution in [-0.2, 0) is 29.5 Å². The topological polar surface area (TPSA) is 148 Å². The number of rotatable bonds is 15. The van der Waals surface area contributed by atoms with Crippen LogP contribution in [0.5, 0.6) is 17.4 Å². The zero-order valence-electron chi connectivity index (χ0n) is 30.7. The lowest BCUT2D eigenvalue weighted by Crippen LogP contribution is -2.48. The Labute approximate surface area is 310 Å². The highest BCUT2D eigenvalue weighted by atomic mass is 32.2. The van der Waals surface area contributed by atoms with Gasteiger partial charge in [-0.3, -0.25) is 0 Å². The van der Waals surface area contributed by atoms with Crippen LogP contribution in [0.15, 0.2) is 79.1 Å². The van der Waals surface area contributed by atoms with E-state index in [-0.39, 0.29) is 0 Å². The van der Waals surface area contributed by atoms with E-state index in [1.807, 2.05) is 67.7 Å². The van der Waals surface area contributed by atoms with Crippen LogP contribution in [0.4, 0.5) is 17.5 Å². The number of aryl methyl sites for hydroxylation is 1. The second-order valence-electron chi connectivity index (χ2n) is 12.8. The molecule has 0 aliphatic carbocycles. The van der Waals surface area contributed by atoms with Gasteiger partial charge in [-0.15, -0.1) is 0 Å². The van der Waals surface area contributed by atoms with Crippen LogP contribution >= 0.6 is 0 Å². The number of pyridine rings is 2. The molecule has 3 aromatic heterocycles. The monoisotopic (exact) mass is 739 g/mol. The number of hydrogen-bond acceptors (Lipinski definition) is 13. The maximum atomic E-state index is 12.0. The second kappa shape index (κ2) is 17.0. The molecule has 14 nitrogen and oxygen atoms in total. The van der Waals surface area contributed by atoms with Crippen LogP contribution in [-0.4, -0.2) is 103 Å². The van der Waals surface area contributed by atoms with Gasteiger partial charge >= 0.3 is 0 Å². The van der Waals surface area contributed by atoms with Crippen LogP contribution in [0.1, 0.15) is 22.5 Å². The molecule has 4 heterocycles. The summed E-state index contributed by atoms with van der Waals surface area (Å²) in [5, 5.41) is 3.40. The molecule has 278 valence electrons. The smallest absolute Gasteiger partial charge is 0.229 e. The largest absolute Gasteiger partial charge is 0.497 e. The lowest BCUT2D eigenvalue weighted by molar-refractivity contribution is 0.191. The van der Waals surface area contributed by atoms with Crippen molar-refractivity contribution < 1.29 is 22.6 Å². The van der Waals surface area contributed by atoms with Gasteiger partial charge in [-0.2, -0.15) is 14.3 Å². The third kappa shape index (κ3) is 9.94. The Morgan fingerprint density at radius 3 is 1.94 bits per heavy atom. The lowest BCUT2D eigenvalue weighted by atomic mass is 10.1. The van der Waals surface area contributed by atoms with Gasteiger partial charge in [-0.25, -0.2) is 23.4 Å². The van der Waals surface area contributed by atoms with Crippen molar-refractivity contribution in [2.75, 3.05) is 70.5 Å². The predicted octanol–water partition coefficient (Wildman–Crippen LogP) is 4.73. The van der Waals surface area contributed by atoms with E-state index in [2.05, 4.69) is 26.2 Å². The molecule has 1 N–H and O–H groups in total. The quantitative estimate of drug-likeness (QED) is 0.158. The maximum Gasteiger partial charge on any atom is 0.229 e. The number of anilines is 3. The fourth-order valence-corrected chi connectivity index (χ4v) is 6.85. The molecular formula is C38H45N9O5S. The van der Waals surface area contributed by atoms with Crippen molar-refractivity contribution in [2.24, 2.45) is 0 Å². The van der Waals surface area contributed by atoms with Gasteiger partial charge in [0.15, 0.2) is 5.82 Å². The Morgan fingerprint density at radius 2 is 1.40 bits per heavy atom. The summed E-state index contributed by atoms with van der Waals surface area (Å²) in [6.07, 6.45) is 5.51. The maximum absolute atomic E-state index is 12.0. The van der Waals surface area contributed by atoms with Crippen LogP contribution in [0.25, 0.3) is 11.4 Å². The summed E-state index contributed by atoms with van der Waals surface area (Å²) in [5.41, 5.74) is 4.56. The van der Waals surface area contributed by atoms with E-state index in [9.17, 15) is 8.42 Å². The molecule has 6 rings (SSSR count). The van der Waals surface area contributed by atoms with Crippen molar-refractivity contribution >= 4 is 27.5 Å². The zero-order chi connectivity index (χ0) is 37.4. The van der Waals surface area contributed by atoms with E-state index in [4.69, 9.17) is 34.1 Å². The van der Waals surface area contributed by atoms with Gasteiger partial charge in [0.05, 0.1) is 45.0 Å². The minimum Gasteiger partial charge on any atom is -0.497 e. The van der Waals surface area contributed by atoms with E-state index >= 15 is 0 Å². The highest BCUT2D eigenvalue weighted by Crippen LogP contribution is 2.30. The molecule has 0 unspecified atom stereocenters. The molecule has 0 radical (unpaired) electrons. The molecule has 0 saturated carbocycles. The number of nitrogens with one attached hydrogen (secondary N) is 1. The third-order valence-electron chi connectivity index (χ3n) is 8.99. The van der Waals surface area contributed by atoms with Crippen molar-refractivity contribution in [1.82, 2.24) is 34.1 Å². The molecule has 1 aliphatic rings. The number of hydrogen-bond donors (Lipinski definition) is 1. The highest BCUT2D eigenvalue weighted by molar-refractivity contribution is 7.88. The number of sulfonamides is 1. The predicted molar refractivity (Wildman–Crippen MR) is 204 cm³/mol. The minimum atomic E-state index is -3.20. The summed E-state index contributed by atoms with van der Waals surface area (Å²) >= 11 is 0. The molecule has 1 aliphatic heterocycles. The molecule has 0 atom stereocenters. The summed E-state index contributed by atoms with van der Waals surface area (Å²) in [7, 11) is 1.69. The van der Waals surface area contributed by atoms with E-state index in [0.717, 1.165) is 40.4 Å². The number of methoxy groups -OCH3 is 3. The first-order valence-corrected chi connectivity index (χ1v) is 19.1. The van der Waals surface area contributed by atoms with E-state index < -0.39 is 10.0 Å². The summed E-state index contributed by atoms with van der Waals surface area (Å²) < 4.78 is 41.6. The van der Waals surface area contributed by atoms with Crippen molar-refractivity contribution in [3.8, 4) is 28.8 Å². The van der Waals surface area contributed by atoms with Crippen LogP contribution < -0.4 is 24.4 Å².